The van der Waals surface area contributed by atoms with Crippen molar-refractivity contribution in [3.05, 3.63) is 71.8 Å². The second kappa shape index (κ2) is 4.71. The molecule has 1 heterocycles. The van der Waals surface area contributed by atoms with Crippen LogP contribution >= 0.6 is 0 Å². The third kappa shape index (κ3) is 2.14. The lowest BCUT2D eigenvalue weighted by Gasteiger charge is -2.13. The largest absolute Gasteiger partial charge is 0.460 e. The summed E-state index contributed by atoms with van der Waals surface area (Å²) in [7, 11) is 0. The van der Waals surface area contributed by atoms with Gasteiger partial charge >= 0.3 is 5.97 Å². The van der Waals surface area contributed by atoms with Gasteiger partial charge in [-0.25, -0.2) is 4.79 Å². The van der Waals surface area contributed by atoms with E-state index in [4.69, 9.17) is 9.47 Å². The van der Waals surface area contributed by atoms with E-state index in [1.807, 2.05) is 60.7 Å². The van der Waals surface area contributed by atoms with Crippen molar-refractivity contribution in [2.45, 2.75) is 30.7 Å². The van der Waals surface area contributed by atoms with Crippen LogP contribution in [0.5, 0.6) is 0 Å². The molecule has 0 bridgehead atoms. The smallest absolute Gasteiger partial charge is 0.346 e. The second-order valence-electron chi connectivity index (χ2n) is 5.61. The summed E-state index contributed by atoms with van der Waals surface area (Å²) in [6.07, 6.45) is 1.75. The van der Waals surface area contributed by atoms with E-state index < -0.39 is 5.60 Å². The zero-order valence-corrected chi connectivity index (χ0v) is 11.6. The van der Waals surface area contributed by atoms with Gasteiger partial charge in [0.1, 0.15) is 12.2 Å². The van der Waals surface area contributed by atoms with Gasteiger partial charge in [0, 0.05) is 0 Å². The number of carbonyl (C=O) groups is 1. The van der Waals surface area contributed by atoms with Crippen molar-refractivity contribution >= 4 is 5.97 Å². The van der Waals surface area contributed by atoms with E-state index in [2.05, 4.69) is 0 Å². The average molecular weight is 280 g/mol. The summed E-state index contributed by atoms with van der Waals surface area (Å²) < 4.78 is 11.4. The molecule has 0 N–H and O–H groups in total. The Kier molecular flexibility index (Phi) is 2.82. The average Bonchev–Trinajstić information content (AvgIpc) is 3.44. The minimum Gasteiger partial charge on any atom is -0.460 e. The maximum absolute atomic E-state index is 12.6. The minimum atomic E-state index is -0.967. The lowest BCUT2D eigenvalue weighted by atomic mass is 9.92. The number of ether oxygens (including phenoxy) is 2. The lowest BCUT2D eigenvalue weighted by Crippen LogP contribution is -2.26. The first kappa shape index (κ1) is 12.6. The highest BCUT2D eigenvalue weighted by Crippen LogP contribution is 2.58. The molecule has 2 aromatic rings. The van der Waals surface area contributed by atoms with Gasteiger partial charge in [0.05, 0.1) is 0 Å². The van der Waals surface area contributed by atoms with Crippen LogP contribution in [0.25, 0.3) is 0 Å². The van der Waals surface area contributed by atoms with Crippen molar-refractivity contribution in [2.24, 2.45) is 0 Å². The van der Waals surface area contributed by atoms with Crippen LogP contribution in [0.3, 0.4) is 0 Å². The fourth-order valence-electron chi connectivity index (χ4n) is 2.69. The van der Waals surface area contributed by atoms with Crippen LogP contribution in [0.1, 0.15) is 30.1 Å². The van der Waals surface area contributed by atoms with Gasteiger partial charge in [0.2, 0.25) is 5.60 Å². The summed E-state index contributed by atoms with van der Waals surface area (Å²) in [6, 6.07) is 19.5. The van der Waals surface area contributed by atoms with Crippen molar-refractivity contribution in [1.29, 1.82) is 0 Å². The molecule has 2 unspecified atom stereocenters. The highest BCUT2D eigenvalue weighted by Gasteiger charge is 2.66. The fourth-order valence-corrected chi connectivity index (χ4v) is 2.69. The zero-order valence-electron chi connectivity index (χ0n) is 11.6. The summed E-state index contributed by atoms with van der Waals surface area (Å²) in [5.41, 5.74) is 0.907. The third-order valence-corrected chi connectivity index (χ3v) is 4.02. The van der Waals surface area contributed by atoms with Crippen molar-refractivity contribution in [2.75, 3.05) is 0 Å². The van der Waals surface area contributed by atoms with E-state index in [1.54, 1.807) is 0 Å². The van der Waals surface area contributed by atoms with Crippen molar-refractivity contribution in [3.8, 4) is 0 Å². The molecule has 0 aromatic heterocycles. The Bertz CT molecular complexity index is 649. The normalized spacial score (nSPS) is 27.1. The first-order valence-corrected chi connectivity index (χ1v) is 7.30. The predicted octanol–water partition coefficient (Wildman–Crippen LogP) is 3.36. The van der Waals surface area contributed by atoms with Crippen LogP contribution in [0.15, 0.2) is 60.7 Å². The first-order chi connectivity index (χ1) is 10.3. The Morgan fingerprint density at radius 3 is 2.24 bits per heavy atom. The predicted molar refractivity (Wildman–Crippen MR) is 77.5 cm³/mol. The molecule has 0 amide bonds. The molecule has 0 spiro atoms. The summed E-state index contributed by atoms with van der Waals surface area (Å²) in [6.45, 7) is 0. The van der Waals surface area contributed by atoms with E-state index in [0.29, 0.717) is 0 Å². The van der Waals surface area contributed by atoms with Crippen molar-refractivity contribution < 1.29 is 14.3 Å². The van der Waals surface area contributed by atoms with Gasteiger partial charge in [0.25, 0.3) is 0 Å². The molecule has 3 heteroatoms. The number of esters is 1. The van der Waals surface area contributed by atoms with Gasteiger partial charge in [-0.05, 0) is 24.0 Å². The first-order valence-electron chi connectivity index (χ1n) is 7.30. The van der Waals surface area contributed by atoms with Crippen LogP contribution in [0.2, 0.25) is 0 Å². The van der Waals surface area contributed by atoms with Crippen LogP contribution in [0, 0.1) is 0 Å². The fraction of sp³-hybridized carbons (Fsp3) is 0.278. The third-order valence-electron chi connectivity index (χ3n) is 4.02. The van der Waals surface area contributed by atoms with E-state index >= 15 is 0 Å². The molecule has 2 aliphatic rings. The summed E-state index contributed by atoms with van der Waals surface area (Å²) >= 11 is 0. The SMILES string of the molecule is O=C(OC1CC1)C1(c2ccccc2)OC1c1ccccc1. The molecule has 106 valence electrons. The van der Waals surface area contributed by atoms with Gasteiger partial charge in [-0.15, -0.1) is 0 Å². The van der Waals surface area contributed by atoms with E-state index in [9.17, 15) is 4.79 Å². The number of hydrogen-bond donors (Lipinski definition) is 0. The van der Waals surface area contributed by atoms with Crippen LogP contribution in [0.4, 0.5) is 0 Å². The Balaban J connectivity index is 1.69. The highest BCUT2D eigenvalue weighted by atomic mass is 16.7. The molecule has 2 atom stereocenters. The van der Waals surface area contributed by atoms with Crippen molar-refractivity contribution in [1.82, 2.24) is 0 Å². The van der Waals surface area contributed by atoms with E-state index in [0.717, 1.165) is 24.0 Å². The Labute approximate surface area is 123 Å². The molecule has 0 radical (unpaired) electrons. The molecule has 3 nitrogen and oxygen atoms in total. The topological polar surface area (TPSA) is 38.8 Å². The minimum absolute atomic E-state index is 0.0821. The molecule has 1 saturated carbocycles. The number of rotatable bonds is 4. The number of benzene rings is 2. The maximum Gasteiger partial charge on any atom is 0.346 e. The van der Waals surface area contributed by atoms with Crippen LogP contribution < -0.4 is 0 Å². The van der Waals surface area contributed by atoms with Gasteiger partial charge in [-0.3, -0.25) is 0 Å². The van der Waals surface area contributed by atoms with Crippen LogP contribution in [-0.4, -0.2) is 12.1 Å². The highest BCUT2D eigenvalue weighted by molar-refractivity contribution is 5.86. The quantitative estimate of drug-likeness (QED) is 0.636. The monoisotopic (exact) mass is 280 g/mol. The Morgan fingerprint density at radius 1 is 1.00 bits per heavy atom. The summed E-state index contributed by atoms with van der Waals surface area (Å²) in [4.78, 5) is 12.6. The Morgan fingerprint density at radius 2 is 1.62 bits per heavy atom. The molecule has 1 saturated heterocycles. The molecule has 1 aliphatic carbocycles. The van der Waals surface area contributed by atoms with Gasteiger partial charge in [-0.1, -0.05) is 60.7 Å². The van der Waals surface area contributed by atoms with Gasteiger partial charge in [0.15, 0.2) is 0 Å². The summed E-state index contributed by atoms with van der Waals surface area (Å²) in [5.74, 6) is -0.259. The molecular weight excluding hydrogens is 264 g/mol. The second-order valence-corrected chi connectivity index (χ2v) is 5.61. The van der Waals surface area contributed by atoms with Gasteiger partial charge in [-0.2, -0.15) is 0 Å². The molecule has 2 fully saturated rings. The Hall–Kier alpha value is -2.13. The molecular formula is C18H16O3. The number of hydrogen-bond acceptors (Lipinski definition) is 3. The molecule has 1 aliphatic heterocycles. The van der Waals surface area contributed by atoms with Gasteiger partial charge < -0.3 is 9.47 Å². The van der Waals surface area contributed by atoms with Crippen LogP contribution in [-0.2, 0) is 19.9 Å². The lowest BCUT2D eigenvalue weighted by molar-refractivity contribution is -0.151. The molecule has 4 rings (SSSR count). The number of epoxide rings is 1. The molecule has 2 aromatic carbocycles. The van der Waals surface area contributed by atoms with Crippen molar-refractivity contribution in [3.63, 3.8) is 0 Å². The van der Waals surface area contributed by atoms with E-state index in [-0.39, 0.29) is 18.2 Å². The summed E-state index contributed by atoms with van der Waals surface area (Å²) in [5, 5.41) is 0. The number of carbonyl (C=O) groups excluding carboxylic acids is 1. The maximum atomic E-state index is 12.6. The zero-order chi connectivity index (χ0) is 14.3. The standard InChI is InChI=1S/C18H16O3/c19-17(20-15-11-12-15)18(14-9-5-2-6-10-14)16(21-18)13-7-3-1-4-8-13/h1-10,15-16H,11-12H2. The van der Waals surface area contributed by atoms with E-state index in [1.165, 1.54) is 0 Å². The molecule has 21 heavy (non-hydrogen) atoms.